The van der Waals surface area contributed by atoms with E-state index in [4.69, 9.17) is 0 Å². The van der Waals surface area contributed by atoms with E-state index in [1.54, 1.807) is 18.6 Å². The van der Waals surface area contributed by atoms with E-state index in [0.29, 0.717) is 16.7 Å². The SMILES string of the molecule is CC(C)c1cncc2nc(-c3ccnc4[nH]ccc34)nc(O)c12. The zero-order chi connectivity index (χ0) is 16.0. The molecule has 0 bridgehead atoms. The Bertz CT molecular complexity index is 1020. The molecule has 6 nitrogen and oxygen atoms in total. The van der Waals surface area contributed by atoms with Gasteiger partial charge in [0.1, 0.15) is 5.65 Å². The number of aromatic amines is 1. The summed E-state index contributed by atoms with van der Waals surface area (Å²) in [6.07, 6.45) is 6.93. The van der Waals surface area contributed by atoms with Crippen LogP contribution in [0, 0.1) is 0 Å². The lowest BCUT2D eigenvalue weighted by atomic mass is 10.0. The van der Waals surface area contributed by atoms with Crippen LogP contribution >= 0.6 is 0 Å². The Morgan fingerprint density at radius 2 is 2.00 bits per heavy atom. The third kappa shape index (κ3) is 2.11. The molecule has 0 saturated carbocycles. The third-order valence-electron chi connectivity index (χ3n) is 3.94. The molecular formula is C17H15N5O. The fraction of sp³-hybridized carbons (Fsp3) is 0.176. The Hall–Kier alpha value is -3.02. The van der Waals surface area contributed by atoms with Crippen LogP contribution in [0.3, 0.4) is 0 Å². The van der Waals surface area contributed by atoms with Crippen molar-refractivity contribution in [3.8, 4) is 17.3 Å². The van der Waals surface area contributed by atoms with Gasteiger partial charge in [0.25, 0.3) is 0 Å². The van der Waals surface area contributed by atoms with E-state index < -0.39 is 0 Å². The zero-order valence-corrected chi connectivity index (χ0v) is 12.8. The molecule has 4 rings (SSSR count). The molecule has 0 aliphatic heterocycles. The molecule has 0 unspecified atom stereocenters. The van der Waals surface area contributed by atoms with Crippen LogP contribution in [0.4, 0.5) is 0 Å². The van der Waals surface area contributed by atoms with E-state index in [-0.39, 0.29) is 11.8 Å². The van der Waals surface area contributed by atoms with Gasteiger partial charge in [0, 0.05) is 29.5 Å². The van der Waals surface area contributed by atoms with Gasteiger partial charge in [-0.15, -0.1) is 0 Å². The fourth-order valence-corrected chi connectivity index (χ4v) is 2.80. The van der Waals surface area contributed by atoms with Crippen molar-refractivity contribution in [2.75, 3.05) is 0 Å². The first-order valence-electron chi connectivity index (χ1n) is 7.42. The van der Waals surface area contributed by atoms with Crippen LogP contribution in [-0.2, 0) is 0 Å². The minimum absolute atomic E-state index is 0.0170. The highest BCUT2D eigenvalue weighted by molar-refractivity contribution is 5.93. The number of nitrogens with zero attached hydrogens (tertiary/aromatic N) is 4. The van der Waals surface area contributed by atoms with E-state index in [2.05, 4.69) is 38.8 Å². The average Bonchev–Trinajstić information content (AvgIpc) is 3.02. The summed E-state index contributed by atoms with van der Waals surface area (Å²) in [7, 11) is 0. The number of hydrogen-bond donors (Lipinski definition) is 2. The predicted octanol–water partition coefficient (Wildman–Crippen LogP) is 3.40. The van der Waals surface area contributed by atoms with Crippen molar-refractivity contribution in [1.82, 2.24) is 24.9 Å². The van der Waals surface area contributed by atoms with Crippen molar-refractivity contribution in [2.24, 2.45) is 0 Å². The summed E-state index contributed by atoms with van der Waals surface area (Å²) in [5.74, 6) is 0.671. The summed E-state index contributed by atoms with van der Waals surface area (Å²) in [6, 6.07) is 3.77. The highest BCUT2D eigenvalue weighted by Crippen LogP contribution is 2.32. The molecule has 0 radical (unpaired) electrons. The summed E-state index contributed by atoms with van der Waals surface area (Å²) in [5.41, 5.74) is 3.16. The second-order valence-electron chi connectivity index (χ2n) is 5.75. The molecule has 0 aliphatic carbocycles. The molecule has 0 aromatic carbocycles. The standard InChI is InChI=1S/C17H15N5O/c1-9(2)12-7-18-8-13-14(12)17(23)22-16(21-13)11-4-6-20-15-10(11)3-5-19-15/h3-9H,1-2H3,(H,19,20)(H,21,22,23). The lowest BCUT2D eigenvalue weighted by Gasteiger charge is -2.11. The van der Waals surface area contributed by atoms with Gasteiger partial charge in [0.2, 0.25) is 5.88 Å². The van der Waals surface area contributed by atoms with Crippen LogP contribution in [0.5, 0.6) is 5.88 Å². The summed E-state index contributed by atoms with van der Waals surface area (Å²) in [5, 5.41) is 12.0. The number of nitrogens with one attached hydrogen (secondary N) is 1. The summed E-state index contributed by atoms with van der Waals surface area (Å²) < 4.78 is 0. The van der Waals surface area contributed by atoms with Crippen LogP contribution in [0.1, 0.15) is 25.3 Å². The normalized spacial score (nSPS) is 11.6. The van der Waals surface area contributed by atoms with E-state index in [9.17, 15) is 5.11 Å². The van der Waals surface area contributed by atoms with Gasteiger partial charge in [0.15, 0.2) is 5.82 Å². The van der Waals surface area contributed by atoms with Gasteiger partial charge in [-0.25, -0.2) is 9.97 Å². The first-order chi connectivity index (χ1) is 11.1. The summed E-state index contributed by atoms with van der Waals surface area (Å²) in [4.78, 5) is 20.5. The second-order valence-corrected chi connectivity index (χ2v) is 5.75. The molecule has 0 spiro atoms. The number of hydrogen-bond acceptors (Lipinski definition) is 5. The van der Waals surface area contributed by atoms with E-state index in [1.165, 1.54) is 0 Å². The van der Waals surface area contributed by atoms with Crippen molar-refractivity contribution >= 4 is 21.9 Å². The molecular weight excluding hydrogens is 290 g/mol. The van der Waals surface area contributed by atoms with Gasteiger partial charge in [0.05, 0.1) is 17.1 Å². The monoisotopic (exact) mass is 305 g/mol. The Balaban J connectivity index is 2.01. The Kier molecular flexibility index (Phi) is 2.97. The highest BCUT2D eigenvalue weighted by Gasteiger charge is 2.16. The molecule has 0 atom stereocenters. The molecule has 114 valence electrons. The minimum atomic E-state index is -0.0170. The quantitative estimate of drug-likeness (QED) is 0.592. The molecule has 23 heavy (non-hydrogen) atoms. The molecule has 0 saturated heterocycles. The minimum Gasteiger partial charge on any atom is -0.493 e. The molecule has 0 amide bonds. The topological polar surface area (TPSA) is 87.6 Å². The fourth-order valence-electron chi connectivity index (χ4n) is 2.80. The van der Waals surface area contributed by atoms with Gasteiger partial charge in [-0.2, -0.15) is 4.98 Å². The maximum Gasteiger partial charge on any atom is 0.222 e. The molecule has 6 heteroatoms. The van der Waals surface area contributed by atoms with Crippen LogP contribution in [0.2, 0.25) is 0 Å². The molecule has 4 heterocycles. The molecule has 0 fully saturated rings. The Morgan fingerprint density at radius 1 is 1.13 bits per heavy atom. The van der Waals surface area contributed by atoms with Crippen molar-refractivity contribution in [3.05, 3.63) is 42.5 Å². The van der Waals surface area contributed by atoms with Crippen molar-refractivity contribution in [2.45, 2.75) is 19.8 Å². The summed E-state index contributed by atoms with van der Waals surface area (Å²) in [6.45, 7) is 4.10. The number of rotatable bonds is 2. The number of H-pyrrole nitrogens is 1. The van der Waals surface area contributed by atoms with Gasteiger partial charge in [-0.1, -0.05) is 13.8 Å². The maximum absolute atomic E-state index is 10.5. The van der Waals surface area contributed by atoms with Gasteiger partial charge in [-0.05, 0) is 23.6 Å². The Labute approximate surface area is 132 Å². The third-order valence-corrected chi connectivity index (χ3v) is 3.94. The summed E-state index contributed by atoms with van der Waals surface area (Å²) >= 11 is 0. The van der Waals surface area contributed by atoms with E-state index in [1.807, 2.05) is 18.3 Å². The smallest absolute Gasteiger partial charge is 0.222 e. The van der Waals surface area contributed by atoms with Crippen molar-refractivity contribution in [1.29, 1.82) is 0 Å². The first-order valence-corrected chi connectivity index (χ1v) is 7.42. The second kappa shape index (κ2) is 5.01. The number of aromatic nitrogens is 5. The van der Waals surface area contributed by atoms with Crippen LogP contribution in [0.25, 0.3) is 33.3 Å². The predicted molar refractivity (Wildman–Crippen MR) is 88.2 cm³/mol. The first kappa shape index (κ1) is 13.6. The van der Waals surface area contributed by atoms with E-state index in [0.717, 1.165) is 22.2 Å². The van der Waals surface area contributed by atoms with Gasteiger partial charge in [-0.3, -0.25) is 4.98 Å². The number of pyridine rings is 2. The van der Waals surface area contributed by atoms with E-state index >= 15 is 0 Å². The molecule has 2 N–H and O–H groups in total. The number of fused-ring (bicyclic) bond motifs is 2. The number of aromatic hydroxyl groups is 1. The lowest BCUT2D eigenvalue weighted by Crippen LogP contribution is -1.97. The zero-order valence-electron chi connectivity index (χ0n) is 12.8. The molecule has 4 aromatic rings. The lowest BCUT2D eigenvalue weighted by molar-refractivity contribution is 0.459. The van der Waals surface area contributed by atoms with Crippen LogP contribution in [-0.4, -0.2) is 30.0 Å². The average molecular weight is 305 g/mol. The van der Waals surface area contributed by atoms with Gasteiger partial charge < -0.3 is 10.1 Å². The largest absolute Gasteiger partial charge is 0.493 e. The van der Waals surface area contributed by atoms with Crippen LogP contribution < -0.4 is 0 Å². The van der Waals surface area contributed by atoms with Gasteiger partial charge >= 0.3 is 0 Å². The maximum atomic E-state index is 10.5. The van der Waals surface area contributed by atoms with Crippen molar-refractivity contribution < 1.29 is 5.11 Å². The molecule has 4 aromatic heterocycles. The molecule has 0 aliphatic rings. The highest BCUT2D eigenvalue weighted by atomic mass is 16.3. The van der Waals surface area contributed by atoms with Crippen LogP contribution in [0.15, 0.2) is 36.9 Å². The van der Waals surface area contributed by atoms with Crippen molar-refractivity contribution in [3.63, 3.8) is 0 Å². The Morgan fingerprint density at radius 3 is 2.83 bits per heavy atom.